The molecule has 3 aliphatic rings. The fourth-order valence-electron chi connectivity index (χ4n) is 10.3. The maximum atomic E-state index is 2.63. The molecule has 0 saturated carbocycles. The van der Waals surface area contributed by atoms with E-state index < -0.39 is 0 Å². The van der Waals surface area contributed by atoms with Gasteiger partial charge < -0.3 is 4.90 Å². The molecular weight excluding hydrogens is 663 g/mol. The third kappa shape index (κ3) is 5.35. The van der Waals surface area contributed by atoms with Gasteiger partial charge in [-0.3, -0.25) is 0 Å². The van der Waals surface area contributed by atoms with Gasteiger partial charge in [-0.1, -0.05) is 167 Å². The third-order valence-corrected chi connectivity index (χ3v) is 13.2. The van der Waals surface area contributed by atoms with E-state index in [1.807, 2.05) is 0 Å². The first kappa shape index (κ1) is 33.6. The second-order valence-electron chi connectivity index (χ2n) is 16.9. The molecule has 0 saturated heterocycles. The van der Waals surface area contributed by atoms with Crippen LogP contribution in [0.3, 0.4) is 0 Å². The van der Waals surface area contributed by atoms with E-state index in [1.54, 1.807) is 0 Å². The lowest BCUT2D eigenvalue weighted by Gasteiger charge is -2.33. The molecule has 0 bridgehead atoms. The third-order valence-electron chi connectivity index (χ3n) is 13.2. The summed E-state index contributed by atoms with van der Waals surface area (Å²) in [6.45, 7) is 9.91. The molecule has 55 heavy (non-hydrogen) atoms. The van der Waals surface area contributed by atoms with Crippen molar-refractivity contribution in [3.05, 3.63) is 220 Å². The Morgan fingerprint density at radius 2 is 1.11 bits per heavy atom. The molecule has 1 unspecified atom stereocenters. The highest BCUT2D eigenvalue weighted by molar-refractivity contribution is 6.03. The molecule has 268 valence electrons. The fourth-order valence-corrected chi connectivity index (χ4v) is 10.3. The van der Waals surface area contributed by atoms with Crippen molar-refractivity contribution in [2.24, 2.45) is 5.92 Å². The zero-order valence-corrected chi connectivity index (χ0v) is 32.3. The van der Waals surface area contributed by atoms with Gasteiger partial charge in [0.25, 0.3) is 0 Å². The van der Waals surface area contributed by atoms with E-state index in [0.717, 1.165) is 12.8 Å². The van der Waals surface area contributed by atoms with Crippen LogP contribution >= 0.6 is 0 Å². The number of allylic oxidation sites excluding steroid dienone is 4. The summed E-state index contributed by atoms with van der Waals surface area (Å²) in [5, 5.41) is 2.79. The molecule has 1 heteroatoms. The summed E-state index contributed by atoms with van der Waals surface area (Å²) in [6, 6.07) is 62.8. The average molecular weight is 710 g/mol. The first-order valence-electron chi connectivity index (χ1n) is 20.0. The predicted molar refractivity (Wildman–Crippen MR) is 233 cm³/mol. The number of benzene rings is 7. The van der Waals surface area contributed by atoms with Gasteiger partial charge in [0.2, 0.25) is 0 Å². The van der Waals surface area contributed by atoms with Gasteiger partial charge in [0.05, 0.1) is 0 Å². The van der Waals surface area contributed by atoms with Gasteiger partial charge in [0.1, 0.15) is 0 Å². The number of anilines is 3. The Balaban J connectivity index is 1.08. The smallest absolute Gasteiger partial charge is 0.0465 e. The molecule has 0 N–H and O–H groups in total. The van der Waals surface area contributed by atoms with Crippen molar-refractivity contribution in [3.8, 4) is 0 Å². The Bertz CT molecular complexity index is 2550. The Hall–Kier alpha value is -5.92. The van der Waals surface area contributed by atoms with Gasteiger partial charge in [-0.2, -0.15) is 0 Å². The second-order valence-corrected chi connectivity index (χ2v) is 16.9. The zero-order valence-electron chi connectivity index (χ0n) is 32.3. The minimum Gasteiger partial charge on any atom is -0.310 e. The normalized spacial score (nSPS) is 17.4. The number of para-hydroxylation sites is 2. The topological polar surface area (TPSA) is 3.24 Å². The Kier molecular flexibility index (Phi) is 7.86. The van der Waals surface area contributed by atoms with E-state index in [9.17, 15) is 0 Å². The van der Waals surface area contributed by atoms with Crippen molar-refractivity contribution in [1.29, 1.82) is 0 Å². The lowest BCUT2D eigenvalue weighted by atomic mass is 9.70. The average Bonchev–Trinajstić information content (AvgIpc) is 3.59. The molecule has 7 aromatic carbocycles. The maximum absolute atomic E-state index is 2.63. The van der Waals surface area contributed by atoms with Crippen LogP contribution < -0.4 is 4.90 Å². The van der Waals surface area contributed by atoms with Gasteiger partial charge in [-0.15, -0.1) is 0 Å². The molecule has 1 atom stereocenters. The van der Waals surface area contributed by atoms with E-state index in [0.29, 0.717) is 5.92 Å². The van der Waals surface area contributed by atoms with Crippen LogP contribution in [-0.4, -0.2) is 0 Å². The van der Waals surface area contributed by atoms with Crippen LogP contribution in [0.5, 0.6) is 0 Å². The van der Waals surface area contributed by atoms with Crippen LogP contribution in [0.15, 0.2) is 182 Å². The molecule has 0 aromatic heterocycles. The number of rotatable bonds is 7. The van der Waals surface area contributed by atoms with Gasteiger partial charge in [-0.05, 0) is 127 Å². The zero-order chi connectivity index (χ0) is 37.3. The summed E-state index contributed by atoms with van der Waals surface area (Å²) in [4.78, 5) is 2.39. The van der Waals surface area contributed by atoms with E-state index in [1.165, 1.54) is 83.5 Å². The summed E-state index contributed by atoms with van der Waals surface area (Å²) in [7, 11) is 0. The Morgan fingerprint density at radius 1 is 0.564 bits per heavy atom. The summed E-state index contributed by atoms with van der Waals surface area (Å²) < 4.78 is 0. The molecule has 0 amide bonds. The first-order chi connectivity index (χ1) is 26.8. The SMILES string of the molecule is CC1(C)C2=C(CC3C(=C2)c2c(cc(CC(c4ccccc4)c4ccccc4)c4ccccc24)C3(C)C)c2ccc(N(c3ccccc3)c3ccccc3)cc21. The maximum Gasteiger partial charge on any atom is 0.0465 e. The Labute approximate surface area is 326 Å². The van der Waals surface area contributed by atoms with Crippen molar-refractivity contribution in [2.45, 2.75) is 57.3 Å². The highest BCUT2D eigenvalue weighted by Crippen LogP contribution is 2.62. The number of hydrogen-bond acceptors (Lipinski definition) is 1. The van der Waals surface area contributed by atoms with Gasteiger partial charge in [0.15, 0.2) is 0 Å². The van der Waals surface area contributed by atoms with Crippen LogP contribution in [0.25, 0.3) is 21.9 Å². The van der Waals surface area contributed by atoms with Gasteiger partial charge in [0, 0.05) is 28.4 Å². The standard InChI is InChI=1S/C54H47N/c1-53(2)48-33-41(55(39-23-13-7-14-24-39)40-25-15-8-16-26-40)29-30-43(48)46-34-50-47(35-49(46)53)52-44-28-18-17-27-42(44)38(32-51(52)54(50,3)4)31-45(36-19-9-5-10-20-36)37-21-11-6-12-22-37/h5-30,32-33,35,45,50H,31,34H2,1-4H3. The fraction of sp³-hybridized carbons (Fsp3) is 0.185. The highest BCUT2D eigenvalue weighted by Gasteiger charge is 2.49. The second kappa shape index (κ2) is 12.8. The van der Waals surface area contributed by atoms with E-state index in [4.69, 9.17) is 0 Å². The lowest BCUT2D eigenvalue weighted by molar-refractivity contribution is 0.417. The molecular formula is C54H47N. The quantitative estimate of drug-likeness (QED) is 0.159. The molecule has 3 aliphatic carbocycles. The molecule has 0 aliphatic heterocycles. The van der Waals surface area contributed by atoms with Crippen molar-refractivity contribution >= 4 is 39.0 Å². The lowest BCUT2D eigenvalue weighted by Crippen LogP contribution is -2.26. The van der Waals surface area contributed by atoms with E-state index in [2.05, 4.69) is 209 Å². The summed E-state index contributed by atoms with van der Waals surface area (Å²) >= 11 is 0. The van der Waals surface area contributed by atoms with E-state index >= 15 is 0 Å². The van der Waals surface area contributed by atoms with Crippen LogP contribution in [0.4, 0.5) is 17.1 Å². The number of nitrogens with zero attached hydrogens (tertiary/aromatic N) is 1. The molecule has 0 spiro atoms. The van der Waals surface area contributed by atoms with Crippen molar-refractivity contribution in [2.75, 3.05) is 4.90 Å². The molecule has 1 nitrogen and oxygen atoms in total. The molecule has 0 radical (unpaired) electrons. The van der Waals surface area contributed by atoms with Crippen molar-refractivity contribution in [3.63, 3.8) is 0 Å². The minimum absolute atomic E-state index is 0.0161. The van der Waals surface area contributed by atoms with Gasteiger partial charge >= 0.3 is 0 Å². The number of hydrogen-bond donors (Lipinski definition) is 0. The van der Waals surface area contributed by atoms with Crippen molar-refractivity contribution < 1.29 is 0 Å². The van der Waals surface area contributed by atoms with Crippen LogP contribution in [0.2, 0.25) is 0 Å². The summed E-state index contributed by atoms with van der Waals surface area (Å²) in [5.74, 6) is 0.688. The van der Waals surface area contributed by atoms with Crippen LogP contribution in [-0.2, 0) is 17.3 Å². The molecule has 10 rings (SSSR count). The monoisotopic (exact) mass is 709 g/mol. The van der Waals surface area contributed by atoms with E-state index in [-0.39, 0.29) is 16.7 Å². The molecule has 7 aromatic rings. The van der Waals surface area contributed by atoms with Gasteiger partial charge in [-0.25, -0.2) is 0 Å². The molecule has 0 heterocycles. The molecule has 0 fully saturated rings. The summed E-state index contributed by atoms with van der Waals surface area (Å²) in [5.41, 5.74) is 18.0. The van der Waals surface area contributed by atoms with Crippen LogP contribution in [0.1, 0.15) is 79.0 Å². The predicted octanol–water partition coefficient (Wildman–Crippen LogP) is 14.1. The largest absolute Gasteiger partial charge is 0.310 e. The summed E-state index contributed by atoms with van der Waals surface area (Å²) in [6.07, 6.45) is 4.65. The Morgan fingerprint density at radius 3 is 1.71 bits per heavy atom. The van der Waals surface area contributed by atoms with Crippen LogP contribution in [0, 0.1) is 5.92 Å². The number of fused-ring (bicyclic) bond motifs is 7. The van der Waals surface area contributed by atoms with Crippen molar-refractivity contribution in [1.82, 2.24) is 0 Å². The highest BCUT2D eigenvalue weighted by atomic mass is 15.1. The first-order valence-corrected chi connectivity index (χ1v) is 20.0. The minimum atomic E-state index is -0.126.